The number of hydrogen-bond acceptors (Lipinski definition) is 2. The van der Waals surface area contributed by atoms with Crippen LogP contribution in [0.4, 0.5) is 0 Å². The second kappa shape index (κ2) is 6.04. The number of alkyl halides is 1. The molecule has 0 aromatic heterocycles. The lowest BCUT2D eigenvalue weighted by atomic mass is 9.81. The van der Waals surface area contributed by atoms with E-state index in [1.807, 2.05) is 6.07 Å². The molecule has 0 N–H and O–H groups in total. The van der Waals surface area contributed by atoms with E-state index in [1.165, 1.54) is 31.2 Å². The second-order valence-electron chi connectivity index (χ2n) is 5.45. The number of ether oxygens (including phenoxy) is 2. The molecule has 1 fully saturated rings. The lowest BCUT2D eigenvalue weighted by Gasteiger charge is -2.31. The minimum absolute atomic E-state index is 0.291. The molecule has 1 saturated carbocycles. The Morgan fingerprint density at radius 3 is 2.21 bits per heavy atom. The number of halogens is 2. The van der Waals surface area contributed by atoms with Crippen LogP contribution in [0.3, 0.4) is 0 Å². The minimum atomic E-state index is 0.291. The average molecular weight is 392 g/mol. The topological polar surface area (TPSA) is 18.5 Å². The third-order valence-corrected chi connectivity index (χ3v) is 6.35. The van der Waals surface area contributed by atoms with E-state index in [4.69, 9.17) is 9.47 Å². The quantitative estimate of drug-likeness (QED) is 0.632. The molecule has 0 heterocycles. The molecule has 1 unspecified atom stereocenters. The van der Waals surface area contributed by atoms with E-state index >= 15 is 0 Å². The first-order chi connectivity index (χ1) is 9.01. The summed E-state index contributed by atoms with van der Waals surface area (Å²) in [6.07, 6.45) is 5.14. The summed E-state index contributed by atoms with van der Waals surface area (Å²) >= 11 is 7.41. The van der Waals surface area contributed by atoms with Gasteiger partial charge in [-0.2, -0.15) is 0 Å². The Hall–Kier alpha value is -0.220. The molecule has 2 rings (SSSR count). The third kappa shape index (κ3) is 2.94. The van der Waals surface area contributed by atoms with Crippen molar-refractivity contribution in [1.82, 2.24) is 0 Å². The van der Waals surface area contributed by atoms with Crippen LogP contribution in [0.1, 0.15) is 43.0 Å². The fourth-order valence-corrected chi connectivity index (χ4v) is 4.19. The molecule has 106 valence electrons. The van der Waals surface area contributed by atoms with Crippen LogP contribution in [0.2, 0.25) is 0 Å². The highest BCUT2D eigenvalue weighted by molar-refractivity contribution is 9.10. The van der Waals surface area contributed by atoms with Gasteiger partial charge in [0, 0.05) is 10.4 Å². The van der Waals surface area contributed by atoms with E-state index in [2.05, 4.69) is 44.8 Å². The van der Waals surface area contributed by atoms with Gasteiger partial charge >= 0.3 is 0 Å². The van der Waals surface area contributed by atoms with E-state index in [0.717, 1.165) is 16.0 Å². The maximum Gasteiger partial charge on any atom is 0.133 e. The first-order valence-electron chi connectivity index (χ1n) is 6.57. The van der Waals surface area contributed by atoms with Crippen LogP contribution < -0.4 is 9.47 Å². The molecule has 1 aliphatic carbocycles. The minimum Gasteiger partial charge on any atom is -0.496 e. The molecule has 1 aliphatic rings. The largest absolute Gasteiger partial charge is 0.496 e. The molecule has 1 aromatic carbocycles. The molecule has 19 heavy (non-hydrogen) atoms. The van der Waals surface area contributed by atoms with Gasteiger partial charge in [0.2, 0.25) is 0 Å². The Balaban J connectivity index is 2.42. The molecule has 0 radical (unpaired) electrons. The molecule has 0 saturated heterocycles. The van der Waals surface area contributed by atoms with Crippen molar-refractivity contribution in [1.29, 1.82) is 0 Å². The Labute approximate surface area is 132 Å². The summed E-state index contributed by atoms with van der Waals surface area (Å²) in [7, 11) is 3.41. The van der Waals surface area contributed by atoms with E-state index in [1.54, 1.807) is 14.2 Å². The van der Waals surface area contributed by atoms with E-state index in [9.17, 15) is 0 Å². The zero-order valence-corrected chi connectivity index (χ0v) is 14.8. The standard InChI is InChI=1S/C15H20Br2O2/c1-15(6-4-5-7-15)14(17)10-8-13(19-3)11(16)9-12(10)18-2/h8-9,14H,4-7H2,1-3H3. The van der Waals surface area contributed by atoms with Gasteiger partial charge in [-0.05, 0) is 46.3 Å². The summed E-state index contributed by atoms with van der Waals surface area (Å²) in [5.74, 6) is 1.75. The maximum absolute atomic E-state index is 5.54. The Bertz CT molecular complexity index is 454. The highest BCUT2D eigenvalue weighted by atomic mass is 79.9. The number of benzene rings is 1. The van der Waals surface area contributed by atoms with Crippen molar-refractivity contribution < 1.29 is 9.47 Å². The zero-order valence-electron chi connectivity index (χ0n) is 11.6. The summed E-state index contributed by atoms with van der Waals surface area (Å²) in [6.45, 7) is 2.35. The van der Waals surface area contributed by atoms with Gasteiger partial charge in [0.15, 0.2) is 0 Å². The molecule has 0 amide bonds. The van der Waals surface area contributed by atoms with Crippen molar-refractivity contribution in [2.45, 2.75) is 37.4 Å². The maximum atomic E-state index is 5.54. The monoisotopic (exact) mass is 390 g/mol. The molecule has 2 nitrogen and oxygen atoms in total. The lowest BCUT2D eigenvalue weighted by Crippen LogP contribution is -2.18. The van der Waals surface area contributed by atoms with Gasteiger partial charge in [-0.25, -0.2) is 0 Å². The van der Waals surface area contributed by atoms with Crippen LogP contribution in [0.5, 0.6) is 11.5 Å². The molecule has 0 bridgehead atoms. The molecule has 4 heteroatoms. The van der Waals surface area contributed by atoms with Gasteiger partial charge in [-0.15, -0.1) is 0 Å². The second-order valence-corrected chi connectivity index (χ2v) is 7.22. The van der Waals surface area contributed by atoms with Crippen LogP contribution in [-0.2, 0) is 0 Å². The Kier molecular flexibility index (Phi) is 4.83. The van der Waals surface area contributed by atoms with Gasteiger partial charge in [0.1, 0.15) is 11.5 Å². The van der Waals surface area contributed by atoms with E-state index in [-0.39, 0.29) is 0 Å². The molecular formula is C15H20Br2O2. The van der Waals surface area contributed by atoms with Gasteiger partial charge in [-0.1, -0.05) is 35.7 Å². The average Bonchev–Trinajstić information content (AvgIpc) is 2.85. The lowest BCUT2D eigenvalue weighted by molar-refractivity contribution is 0.320. The van der Waals surface area contributed by atoms with Crippen LogP contribution in [0.15, 0.2) is 16.6 Å². The summed E-state index contributed by atoms with van der Waals surface area (Å²) in [6, 6.07) is 4.06. The fraction of sp³-hybridized carbons (Fsp3) is 0.600. The number of hydrogen-bond donors (Lipinski definition) is 0. The van der Waals surface area contributed by atoms with Crippen LogP contribution in [0, 0.1) is 5.41 Å². The van der Waals surface area contributed by atoms with Gasteiger partial charge in [0.05, 0.1) is 18.7 Å². The van der Waals surface area contributed by atoms with Crippen LogP contribution >= 0.6 is 31.9 Å². The summed E-state index contributed by atoms with van der Waals surface area (Å²) in [4.78, 5) is 0.291. The predicted octanol–water partition coefficient (Wildman–Crippen LogP) is 5.48. The molecule has 0 spiro atoms. The molecule has 0 aliphatic heterocycles. The van der Waals surface area contributed by atoms with Crippen molar-refractivity contribution >= 4 is 31.9 Å². The third-order valence-electron chi connectivity index (χ3n) is 4.13. The van der Waals surface area contributed by atoms with Crippen LogP contribution in [0.25, 0.3) is 0 Å². The predicted molar refractivity (Wildman–Crippen MR) is 85.5 cm³/mol. The van der Waals surface area contributed by atoms with Crippen molar-refractivity contribution in [2.24, 2.45) is 5.41 Å². The number of rotatable bonds is 4. The molecule has 1 atom stereocenters. The summed E-state index contributed by atoms with van der Waals surface area (Å²) < 4.78 is 11.9. The molecular weight excluding hydrogens is 372 g/mol. The van der Waals surface area contributed by atoms with Crippen LogP contribution in [-0.4, -0.2) is 14.2 Å². The summed E-state index contributed by atoms with van der Waals surface area (Å²) in [5.41, 5.74) is 1.47. The highest BCUT2D eigenvalue weighted by Gasteiger charge is 2.38. The van der Waals surface area contributed by atoms with Crippen molar-refractivity contribution in [2.75, 3.05) is 14.2 Å². The smallest absolute Gasteiger partial charge is 0.133 e. The SMILES string of the molecule is COc1cc(C(Br)C2(C)CCCC2)c(OC)cc1Br. The van der Waals surface area contributed by atoms with E-state index in [0.29, 0.717) is 10.2 Å². The number of methoxy groups -OCH3 is 2. The summed E-state index contributed by atoms with van der Waals surface area (Å²) in [5, 5.41) is 0. The first-order valence-corrected chi connectivity index (χ1v) is 8.28. The van der Waals surface area contributed by atoms with E-state index < -0.39 is 0 Å². The zero-order chi connectivity index (χ0) is 14.0. The highest BCUT2D eigenvalue weighted by Crippen LogP contribution is 2.54. The van der Waals surface area contributed by atoms with Crippen molar-refractivity contribution in [3.63, 3.8) is 0 Å². The van der Waals surface area contributed by atoms with Crippen molar-refractivity contribution in [3.8, 4) is 11.5 Å². The Morgan fingerprint density at radius 1 is 1.11 bits per heavy atom. The van der Waals surface area contributed by atoms with Crippen molar-refractivity contribution in [3.05, 3.63) is 22.2 Å². The fourth-order valence-electron chi connectivity index (χ4n) is 2.89. The molecule has 1 aromatic rings. The van der Waals surface area contributed by atoms with Gasteiger partial charge in [-0.3, -0.25) is 0 Å². The van der Waals surface area contributed by atoms with Gasteiger partial charge in [0.25, 0.3) is 0 Å². The Morgan fingerprint density at radius 2 is 1.68 bits per heavy atom. The van der Waals surface area contributed by atoms with Gasteiger partial charge < -0.3 is 9.47 Å². The first kappa shape index (κ1) is 15.2. The normalized spacial score (nSPS) is 19.2.